The number of nitrogens with zero attached hydrogens (tertiary/aromatic N) is 2. The van der Waals surface area contributed by atoms with Gasteiger partial charge >= 0.3 is 0 Å². The first-order chi connectivity index (χ1) is 8.04. The van der Waals surface area contributed by atoms with E-state index in [1.807, 2.05) is 0 Å². The highest BCUT2D eigenvalue weighted by Gasteiger charge is 2.08. The van der Waals surface area contributed by atoms with Gasteiger partial charge in [0, 0.05) is 0 Å². The van der Waals surface area contributed by atoms with Crippen LogP contribution in [0.25, 0.3) is 0 Å². The minimum absolute atomic E-state index is 0.0174. The number of ether oxygens (including phenoxy) is 1. The number of hydrogen-bond donors (Lipinski definition) is 3. The number of para-hydroxylation sites is 1. The Bertz CT molecular complexity index is 454. The maximum atomic E-state index is 13.4. The van der Waals surface area contributed by atoms with Gasteiger partial charge in [-0.1, -0.05) is 6.07 Å². The molecule has 0 unspecified atom stereocenters. The minimum Gasteiger partial charge on any atom is -0.489 e. The lowest BCUT2D eigenvalue weighted by Crippen LogP contribution is -2.26. The lowest BCUT2D eigenvalue weighted by Gasteiger charge is -2.07. The van der Waals surface area contributed by atoms with Crippen LogP contribution in [0.1, 0.15) is 6.92 Å². The quantitative estimate of drug-likeness (QED) is 0.524. The molecule has 17 heavy (non-hydrogen) atoms. The zero-order valence-corrected chi connectivity index (χ0v) is 9.35. The summed E-state index contributed by atoms with van der Waals surface area (Å²) in [5, 5.41) is 0. The van der Waals surface area contributed by atoms with E-state index in [0.717, 1.165) is 0 Å². The van der Waals surface area contributed by atoms with E-state index >= 15 is 0 Å². The fourth-order valence-electron chi connectivity index (χ4n) is 1.15. The Labute approximate surface area is 98.0 Å². The second-order valence-corrected chi connectivity index (χ2v) is 3.03. The lowest BCUT2D eigenvalue weighted by molar-refractivity contribution is 0.323. The number of nitrogens with two attached hydrogens (primary N) is 3. The molecule has 0 aromatic heterocycles. The van der Waals surface area contributed by atoms with Crippen molar-refractivity contribution in [3.8, 4) is 5.75 Å². The molecule has 0 heterocycles. The Morgan fingerprint density at radius 3 is 2.65 bits per heavy atom. The number of aliphatic imine (C=N–C) groups is 2. The first kappa shape index (κ1) is 12.8. The molecule has 0 bridgehead atoms. The number of hydrogen-bond acceptors (Lipinski definition) is 2. The van der Waals surface area contributed by atoms with E-state index < -0.39 is 5.82 Å². The van der Waals surface area contributed by atoms with E-state index in [1.165, 1.54) is 12.1 Å². The maximum absolute atomic E-state index is 13.4. The van der Waals surface area contributed by atoms with Crippen LogP contribution in [0.15, 0.2) is 28.2 Å². The second-order valence-electron chi connectivity index (χ2n) is 3.03. The Morgan fingerprint density at radius 2 is 2.06 bits per heavy atom. The van der Waals surface area contributed by atoms with Crippen LogP contribution in [-0.4, -0.2) is 18.5 Å². The molecule has 1 rings (SSSR count). The molecule has 0 amide bonds. The van der Waals surface area contributed by atoms with Crippen LogP contribution >= 0.6 is 0 Å². The van der Waals surface area contributed by atoms with Crippen molar-refractivity contribution >= 4 is 17.6 Å². The van der Waals surface area contributed by atoms with Gasteiger partial charge in [-0.2, -0.15) is 4.99 Å². The van der Waals surface area contributed by atoms with Gasteiger partial charge in [-0.25, -0.2) is 9.38 Å². The summed E-state index contributed by atoms with van der Waals surface area (Å²) in [5.41, 5.74) is 15.9. The molecule has 0 atom stereocenters. The van der Waals surface area contributed by atoms with Gasteiger partial charge in [-0.3, -0.25) is 0 Å². The Kier molecular flexibility index (Phi) is 4.27. The average Bonchev–Trinajstić information content (AvgIpc) is 2.22. The predicted octanol–water partition coefficient (Wildman–Crippen LogP) is 0.444. The van der Waals surface area contributed by atoms with E-state index in [4.69, 9.17) is 21.9 Å². The van der Waals surface area contributed by atoms with Gasteiger partial charge in [0.25, 0.3) is 0 Å². The number of rotatable bonds is 3. The summed E-state index contributed by atoms with van der Waals surface area (Å²) < 4.78 is 18.6. The van der Waals surface area contributed by atoms with E-state index in [2.05, 4.69) is 9.98 Å². The summed E-state index contributed by atoms with van der Waals surface area (Å²) >= 11 is 0. The largest absolute Gasteiger partial charge is 0.489 e. The molecule has 0 aliphatic rings. The minimum atomic E-state index is -0.523. The summed E-state index contributed by atoms with van der Waals surface area (Å²) in [6, 6.07) is 4.30. The first-order valence-corrected chi connectivity index (χ1v) is 4.89. The van der Waals surface area contributed by atoms with Crippen LogP contribution in [0, 0.1) is 5.82 Å². The van der Waals surface area contributed by atoms with Crippen LogP contribution in [-0.2, 0) is 0 Å². The van der Waals surface area contributed by atoms with Crippen molar-refractivity contribution in [3.63, 3.8) is 0 Å². The third kappa shape index (κ3) is 3.63. The SMILES string of the molecule is CCOc1c(F)cccc1N=C(N)N=C(N)N. The third-order valence-electron chi connectivity index (χ3n) is 1.71. The van der Waals surface area contributed by atoms with Crippen molar-refractivity contribution in [1.29, 1.82) is 0 Å². The first-order valence-electron chi connectivity index (χ1n) is 4.89. The van der Waals surface area contributed by atoms with Crippen LogP contribution < -0.4 is 21.9 Å². The number of guanidine groups is 2. The highest BCUT2D eigenvalue weighted by atomic mass is 19.1. The van der Waals surface area contributed by atoms with Crippen molar-refractivity contribution in [2.75, 3.05) is 6.61 Å². The van der Waals surface area contributed by atoms with Gasteiger partial charge in [-0.15, -0.1) is 0 Å². The highest BCUT2D eigenvalue weighted by Crippen LogP contribution is 2.30. The zero-order valence-electron chi connectivity index (χ0n) is 9.35. The monoisotopic (exact) mass is 239 g/mol. The Hall–Kier alpha value is -2.31. The van der Waals surface area contributed by atoms with Crippen LogP contribution in [0.5, 0.6) is 5.75 Å². The molecule has 0 fully saturated rings. The number of halogens is 1. The van der Waals surface area contributed by atoms with Gasteiger partial charge in [0.1, 0.15) is 5.69 Å². The van der Waals surface area contributed by atoms with Gasteiger partial charge in [0.2, 0.25) is 5.96 Å². The average molecular weight is 239 g/mol. The summed E-state index contributed by atoms with van der Waals surface area (Å²) in [4.78, 5) is 7.39. The van der Waals surface area contributed by atoms with Gasteiger partial charge in [0.15, 0.2) is 17.5 Å². The van der Waals surface area contributed by atoms with E-state index in [9.17, 15) is 4.39 Å². The van der Waals surface area contributed by atoms with Crippen molar-refractivity contribution in [2.45, 2.75) is 6.92 Å². The molecule has 0 saturated heterocycles. The fraction of sp³-hybridized carbons (Fsp3) is 0.200. The summed E-state index contributed by atoms with van der Waals surface area (Å²) in [5.74, 6) is -0.897. The summed E-state index contributed by atoms with van der Waals surface area (Å²) in [6.45, 7) is 2.05. The topological polar surface area (TPSA) is 112 Å². The van der Waals surface area contributed by atoms with Gasteiger partial charge in [0.05, 0.1) is 6.61 Å². The van der Waals surface area contributed by atoms with Crippen molar-refractivity contribution in [3.05, 3.63) is 24.0 Å². The van der Waals surface area contributed by atoms with E-state index in [0.29, 0.717) is 6.61 Å². The molecule has 0 aliphatic carbocycles. The normalized spacial score (nSPS) is 11.1. The van der Waals surface area contributed by atoms with Crippen LogP contribution in [0.4, 0.5) is 10.1 Å². The smallest absolute Gasteiger partial charge is 0.223 e. The van der Waals surface area contributed by atoms with Gasteiger partial charge < -0.3 is 21.9 Å². The van der Waals surface area contributed by atoms with Crippen LogP contribution in [0.3, 0.4) is 0 Å². The summed E-state index contributed by atoms with van der Waals surface area (Å²) in [6.07, 6.45) is 0. The molecule has 0 aliphatic heterocycles. The molecule has 0 radical (unpaired) electrons. The molecular weight excluding hydrogens is 225 g/mol. The van der Waals surface area contributed by atoms with Gasteiger partial charge in [-0.05, 0) is 19.1 Å². The molecular formula is C10H14FN5O. The molecule has 6 nitrogen and oxygen atoms in total. The van der Waals surface area contributed by atoms with E-state index in [1.54, 1.807) is 13.0 Å². The molecule has 92 valence electrons. The molecule has 1 aromatic carbocycles. The standard InChI is InChI=1S/C10H14FN5O/c1-2-17-8-6(11)4-3-5-7(8)15-10(14)16-9(12)13/h3-5H,2H2,1H3,(H6,12,13,14,15,16). The van der Waals surface area contributed by atoms with Crippen molar-refractivity contribution < 1.29 is 9.13 Å². The highest BCUT2D eigenvalue weighted by molar-refractivity contribution is 5.93. The molecule has 1 aromatic rings. The van der Waals surface area contributed by atoms with E-state index in [-0.39, 0.29) is 23.4 Å². The molecule has 0 saturated carbocycles. The Balaban J connectivity index is 3.13. The van der Waals surface area contributed by atoms with Crippen molar-refractivity contribution in [1.82, 2.24) is 0 Å². The zero-order chi connectivity index (χ0) is 12.8. The third-order valence-corrected chi connectivity index (χ3v) is 1.71. The van der Waals surface area contributed by atoms with Crippen LogP contribution in [0.2, 0.25) is 0 Å². The predicted molar refractivity (Wildman–Crippen MR) is 64.7 cm³/mol. The maximum Gasteiger partial charge on any atom is 0.223 e. The molecule has 7 heteroatoms. The Morgan fingerprint density at radius 1 is 1.35 bits per heavy atom. The summed E-state index contributed by atoms with van der Waals surface area (Å²) in [7, 11) is 0. The fourth-order valence-corrected chi connectivity index (χ4v) is 1.15. The number of benzene rings is 1. The lowest BCUT2D eigenvalue weighted by atomic mass is 10.3. The molecule has 0 spiro atoms. The molecule has 6 N–H and O–H groups in total. The van der Waals surface area contributed by atoms with Crippen molar-refractivity contribution in [2.24, 2.45) is 27.2 Å². The second kappa shape index (κ2) is 5.69.